The molecule has 3 aliphatic carbocycles. The molecule has 0 atom stereocenters. The summed E-state index contributed by atoms with van der Waals surface area (Å²) in [6.45, 7) is 8.34. The van der Waals surface area contributed by atoms with Crippen molar-refractivity contribution in [2.75, 3.05) is 4.90 Å². The number of para-hydroxylation sites is 1. The summed E-state index contributed by atoms with van der Waals surface area (Å²) in [5, 5.41) is 3.48. The molecule has 0 saturated heterocycles. The molecule has 8 aromatic rings. The van der Waals surface area contributed by atoms with Crippen LogP contribution in [0, 0.1) is 6.92 Å². The van der Waals surface area contributed by atoms with Crippen LogP contribution in [0.25, 0.3) is 84.8 Å². The van der Waals surface area contributed by atoms with Crippen molar-refractivity contribution in [3.63, 3.8) is 0 Å². The first-order chi connectivity index (χ1) is 34.1. The van der Waals surface area contributed by atoms with Crippen LogP contribution in [0.4, 0.5) is 5.69 Å². The maximum absolute atomic E-state index is 6.83. The Balaban J connectivity index is 0.00000257. The predicted molar refractivity (Wildman–Crippen MR) is 292 cm³/mol. The number of hydrogen-bond acceptors (Lipinski definition) is 4. The van der Waals surface area contributed by atoms with Crippen LogP contribution >= 0.6 is 0 Å². The Kier molecular flexibility index (Phi) is 11.8. The van der Waals surface area contributed by atoms with Gasteiger partial charge in [0.25, 0.3) is 0 Å². The van der Waals surface area contributed by atoms with E-state index in [0.717, 1.165) is 115 Å². The molecule has 0 bridgehead atoms. The van der Waals surface area contributed by atoms with Gasteiger partial charge in [0.1, 0.15) is 0 Å². The lowest BCUT2D eigenvalue weighted by molar-refractivity contribution is 0.313. The van der Waals surface area contributed by atoms with Crippen LogP contribution in [0.5, 0.6) is 0 Å². The predicted octanol–water partition coefficient (Wildman–Crippen LogP) is 17.1. The molecule has 69 heavy (non-hydrogen) atoms. The van der Waals surface area contributed by atoms with Gasteiger partial charge in [0.15, 0.2) is 17.3 Å². The van der Waals surface area contributed by atoms with Gasteiger partial charge in [-0.05, 0) is 115 Å². The molecular weight excluding hydrogens is 841 g/mol. The van der Waals surface area contributed by atoms with Gasteiger partial charge in [0.05, 0.1) is 33.6 Å². The molecule has 0 spiro atoms. The van der Waals surface area contributed by atoms with Gasteiger partial charge in [-0.1, -0.05) is 173 Å². The second-order valence-electron chi connectivity index (χ2n) is 17.4. The van der Waals surface area contributed by atoms with E-state index in [1.54, 1.807) is 0 Å². The van der Waals surface area contributed by atoms with Crippen LogP contribution in [0.15, 0.2) is 211 Å². The second kappa shape index (κ2) is 18.8. The molecule has 2 aromatic heterocycles. The Bertz CT molecular complexity index is 3610. The van der Waals surface area contributed by atoms with Crippen LogP contribution in [0.2, 0.25) is 0 Å². The van der Waals surface area contributed by atoms with E-state index >= 15 is 0 Å². The smallest absolute Gasteiger partial charge is 0.160 e. The number of fused-ring (bicyclic) bond motifs is 7. The Labute approximate surface area is 405 Å². The number of benzene rings is 6. The maximum Gasteiger partial charge on any atom is 0.160 e. The van der Waals surface area contributed by atoms with Crippen molar-refractivity contribution >= 4 is 62.2 Å². The molecule has 0 amide bonds. The zero-order chi connectivity index (χ0) is 46.8. The molecule has 0 saturated carbocycles. The standard InChI is InChI=1S/C62H48N4O.C2H6/c1-3-4-27-49-41(2)32-35-52-60(43-20-10-5-11-21-43)63-62(64-61(49)52)46-23-17-26-48(38-46)66-55-37-34-42-19-9-6-14-28-50(42)59(55)51-36-33-45(39-56(51)66)44-22-18-30-54-58(40-44)67-57-31-16-8-15-29-53(57)65(54)47-24-12-7-13-25-47;1-2/h4-5,7,9-17,19-40H,3,6,8,18H2,1-2H3;1-2H3/b27-4-;. The zero-order valence-corrected chi connectivity index (χ0v) is 39.7. The van der Waals surface area contributed by atoms with E-state index in [4.69, 9.17) is 14.7 Å². The fraction of sp³-hybridized carbons (Fsp3) is 0.125. The molecule has 0 N–H and O–H groups in total. The molecule has 5 heteroatoms. The summed E-state index contributed by atoms with van der Waals surface area (Å²) in [5.41, 5.74) is 17.4. The lowest BCUT2D eigenvalue weighted by atomic mass is 9.98. The van der Waals surface area contributed by atoms with E-state index in [1.165, 1.54) is 27.5 Å². The van der Waals surface area contributed by atoms with Crippen LogP contribution in [0.1, 0.15) is 74.3 Å². The summed E-state index contributed by atoms with van der Waals surface area (Å²) in [6, 6.07) is 45.7. The highest BCUT2D eigenvalue weighted by Crippen LogP contribution is 2.43. The Morgan fingerprint density at radius 3 is 2.23 bits per heavy atom. The maximum atomic E-state index is 6.83. The van der Waals surface area contributed by atoms with Crippen molar-refractivity contribution in [3.8, 4) is 28.3 Å². The average Bonchev–Trinajstić information content (AvgIpc) is 3.70. The van der Waals surface area contributed by atoms with E-state index < -0.39 is 0 Å². The molecule has 12 rings (SSSR count). The van der Waals surface area contributed by atoms with Crippen LogP contribution in [-0.4, -0.2) is 14.5 Å². The molecule has 3 heterocycles. The van der Waals surface area contributed by atoms with E-state index in [0.29, 0.717) is 5.82 Å². The zero-order valence-electron chi connectivity index (χ0n) is 39.7. The first-order valence-electron chi connectivity index (χ1n) is 24.4. The molecule has 4 aliphatic rings. The molecule has 5 nitrogen and oxygen atoms in total. The summed E-state index contributed by atoms with van der Waals surface area (Å²) in [7, 11) is 0. The van der Waals surface area contributed by atoms with Crippen molar-refractivity contribution in [1.82, 2.24) is 14.5 Å². The minimum Gasteiger partial charge on any atom is -0.453 e. The van der Waals surface area contributed by atoms with Gasteiger partial charge in [-0.2, -0.15) is 0 Å². The third kappa shape index (κ3) is 7.90. The number of aryl methyl sites for hydroxylation is 1. The minimum absolute atomic E-state index is 0.696. The topological polar surface area (TPSA) is 43.2 Å². The fourth-order valence-corrected chi connectivity index (χ4v) is 10.0. The molecule has 6 aromatic carbocycles. The van der Waals surface area contributed by atoms with Crippen LogP contribution < -0.4 is 4.90 Å². The Hall–Kier alpha value is -8.28. The van der Waals surface area contributed by atoms with Gasteiger partial charge < -0.3 is 14.2 Å². The van der Waals surface area contributed by atoms with E-state index in [9.17, 15) is 0 Å². The SMILES string of the molecule is CC.CC/C=C\c1c(C)ccc2c(-c3ccccc3)nc(-c3cccc(-n4c5cc(C6=CCC=C7C(=C6)OC6=C(C=CCC=C6)N7c6ccccc6)ccc5c5c6c(ccc54)C=CCC=C6)c3)nc12. The van der Waals surface area contributed by atoms with Crippen molar-refractivity contribution < 1.29 is 4.74 Å². The lowest BCUT2D eigenvalue weighted by Crippen LogP contribution is -2.28. The van der Waals surface area contributed by atoms with Crippen molar-refractivity contribution in [2.24, 2.45) is 0 Å². The first kappa shape index (κ1) is 43.3. The summed E-state index contributed by atoms with van der Waals surface area (Å²) >= 11 is 0. The summed E-state index contributed by atoms with van der Waals surface area (Å²) in [6.07, 6.45) is 32.4. The largest absolute Gasteiger partial charge is 0.453 e. The molecule has 0 radical (unpaired) electrons. The number of hydrogen-bond donors (Lipinski definition) is 0. The van der Waals surface area contributed by atoms with Crippen LogP contribution in [0.3, 0.4) is 0 Å². The van der Waals surface area contributed by atoms with Gasteiger partial charge in [0.2, 0.25) is 0 Å². The highest BCUT2D eigenvalue weighted by atomic mass is 16.5. The molecule has 0 fully saturated rings. The highest BCUT2D eigenvalue weighted by Gasteiger charge is 2.30. The van der Waals surface area contributed by atoms with E-state index in [1.807, 2.05) is 13.8 Å². The van der Waals surface area contributed by atoms with Crippen LogP contribution in [-0.2, 0) is 4.74 Å². The number of aromatic nitrogens is 3. The van der Waals surface area contributed by atoms with Gasteiger partial charge in [-0.25, -0.2) is 9.97 Å². The summed E-state index contributed by atoms with van der Waals surface area (Å²) in [5.74, 6) is 2.37. The number of ether oxygens (including phenoxy) is 1. The van der Waals surface area contributed by atoms with Crippen molar-refractivity contribution in [1.29, 1.82) is 0 Å². The monoisotopic (exact) mass is 894 g/mol. The van der Waals surface area contributed by atoms with E-state index in [-0.39, 0.29) is 0 Å². The second-order valence-corrected chi connectivity index (χ2v) is 17.4. The number of nitrogens with zero attached hydrogens (tertiary/aromatic N) is 4. The number of anilines is 1. The molecular formula is C64H54N4O. The minimum atomic E-state index is 0.696. The third-order valence-electron chi connectivity index (χ3n) is 13.2. The summed E-state index contributed by atoms with van der Waals surface area (Å²) < 4.78 is 9.26. The lowest BCUT2D eigenvalue weighted by Gasteiger charge is -2.35. The molecule has 1 aliphatic heterocycles. The van der Waals surface area contributed by atoms with Gasteiger partial charge in [-0.15, -0.1) is 0 Å². The summed E-state index contributed by atoms with van der Waals surface area (Å²) in [4.78, 5) is 13.1. The fourth-order valence-electron chi connectivity index (χ4n) is 10.0. The number of rotatable bonds is 7. The quantitative estimate of drug-likeness (QED) is 0.160. The van der Waals surface area contributed by atoms with Gasteiger partial charge in [-0.3, -0.25) is 0 Å². The van der Waals surface area contributed by atoms with Crippen molar-refractivity contribution in [3.05, 3.63) is 239 Å². The molecule has 0 unspecified atom stereocenters. The Morgan fingerprint density at radius 2 is 1.39 bits per heavy atom. The Morgan fingerprint density at radius 1 is 0.638 bits per heavy atom. The molecule has 336 valence electrons. The van der Waals surface area contributed by atoms with Gasteiger partial charge in [0, 0.05) is 44.2 Å². The first-order valence-corrected chi connectivity index (χ1v) is 24.4. The highest BCUT2D eigenvalue weighted by molar-refractivity contribution is 6.14. The average molecular weight is 895 g/mol. The van der Waals surface area contributed by atoms with E-state index in [2.05, 4.69) is 230 Å². The number of allylic oxidation sites excluding steroid dienone is 11. The van der Waals surface area contributed by atoms with Crippen molar-refractivity contribution in [2.45, 2.75) is 53.4 Å². The van der Waals surface area contributed by atoms with Gasteiger partial charge >= 0.3 is 0 Å². The normalized spacial score (nSPS) is 15.1. The third-order valence-corrected chi connectivity index (χ3v) is 13.2.